The number of aryl methyl sites for hydroxylation is 1. The van der Waals surface area contributed by atoms with Crippen LogP contribution in [0.5, 0.6) is 0 Å². The Labute approximate surface area is 163 Å². The molecule has 1 N–H and O–H groups in total. The maximum Gasteiger partial charge on any atom is 0.248 e. The van der Waals surface area contributed by atoms with E-state index in [-0.39, 0.29) is 17.7 Å². The molecule has 0 bridgehead atoms. The summed E-state index contributed by atoms with van der Waals surface area (Å²) in [5, 5.41) is 3.08. The average Bonchev–Trinajstić information content (AvgIpc) is 3.45. The second kappa shape index (κ2) is 8.04. The van der Waals surface area contributed by atoms with E-state index in [2.05, 4.69) is 36.5 Å². The lowest BCUT2D eigenvalue weighted by molar-refractivity contribution is -0.144. The summed E-state index contributed by atoms with van der Waals surface area (Å²) >= 11 is 0. The van der Waals surface area contributed by atoms with Crippen LogP contribution >= 0.6 is 0 Å². The zero-order chi connectivity index (χ0) is 19.6. The predicted octanol–water partition coefficient (Wildman–Crippen LogP) is 4.03. The van der Waals surface area contributed by atoms with Crippen LogP contribution in [0.2, 0.25) is 0 Å². The van der Waals surface area contributed by atoms with E-state index in [1.807, 2.05) is 25.7 Å². The number of nitrogens with one attached hydrogen (secondary N) is 1. The van der Waals surface area contributed by atoms with Gasteiger partial charge in [-0.2, -0.15) is 0 Å². The summed E-state index contributed by atoms with van der Waals surface area (Å²) in [6, 6.07) is 8.76. The molecule has 1 saturated carbocycles. The Balaban J connectivity index is 1.61. The number of hydrogen-bond acceptors (Lipinski definition) is 2. The van der Waals surface area contributed by atoms with Crippen molar-refractivity contribution in [2.75, 3.05) is 13.1 Å². The van der Waals surface area contributed by atoms with E-state index in [1.54, 1.807) is 0 Å². The van der Waals surface area contributed by atoms with E-state index in [0.717, 1.165) is 38.8 Å². The third kappa shape index (κ3) is 4.72. The highest BCUT2D eigenvalue weighted by Gasteiger charge is 2.42. The molecule has 1 atom stereocenters. The summed E-state index contributed by atoms with van der Waals surface area (Å²) in [5.74, 6) is 1.20. The summed E-state index contributed by atoms with van der Waals surface area (Å²) in [7, 11) is 0. The van der Waals surface area contributed by atoms with E-state index >= 15 is 0 Å². The second-order valence-corrected chi connectivity index (χ2v) is 9.03. The van der Waals surface area contributed by atoms with Gasteiger partial charge < -0.3 is 10.2 Å². The van der Waals surface area contributed by atoms with Crippen molar-refractivity contribution in [3.8, 4) is 0 Å². The largest absolute Gasteiger partial charge is 0.342 e. The van der Waals surface area contributed by atoms with E-state index in [4.69, 9.17) is 0 Å². The minimum Gasteiger partial charge on any atom is -0.342 e. The van der Waals surface area contributed by atoms with Crippen molar-refractivity contribution in [1.82, 2.24) is 10.2 Å². The highest BCUT2D eigenvalue weighted by atomic mass is 16.2. The van der Waals surface area contributed by atoms with Crippen LogP contribution in [0.15, 0.2) is 24.3 Å². The molecule has 0 spiro atoms. The standard InChI is InChI=1S/C23H34N2O2/c1-16(2)23(4,24-21(26)15-18-7-8-18)22(27)25-13-11-20(12-14-25)19-9-5-17(3)6-10-19/h5-6,9-10,16,18,20H,7-8,11-15H2,1-4H3,(H,24,26). The lowest BCUT2D eigenvalue weighted by Crippen LogP contribution is -2.61. The molecule has 2 fully saturated rings. The second-order valence-electron chi connectivity index (χ2n) is 9.03. The molecule has 1 unspecified atom stereocenters. The van der Waals surface area contributed by atoms with Gasteiger partial charge >= 0.3 is 0 Å². The molecule has 1 aliphatic carbocycles. The number of amides is 2. The molecule has 27 heavy (non-hydrogen) atoms. The number of likely N-dealkylation sites (tertiary alicyclic amines) is 1. The summed E-state index contributed by atoms with van der Waals surface area (Å²) in [5.41, 5.74) is 1.83. The zero-order valence-electron chi connectivity index (χ0n) is 17.3. The molecule has 1 aromatic rings. The van der Waals surface area contributed by atoms with Crippen LogP contribution in [0.1, 0.15) is 69.9 Å². The monoisotopic (exact) mass is 370 g/mol. The molecule has 148 valence electrons. The van der Waals surface area contributed by atoms with E-state index < -0.39 is 5.54 Å². The minimum absolute atomic E-state index is 0.0246. The number of carbonyl (C=O) groups is 2. The van der Waals surface area contributed by atoms with Crippen molar-refractivity contribution in [3.05, 3.63) is 35.4 Å². The molecular formula is C23H34N2O2. The van der Waals surface area contributed by atoms with Crippen LogP contribution in [-0.4, -0.2) is 35.3 Å². The third-order valence-electron chi connectivity index (χ3n) is 6.50. The number of piperidine rings is 1. The molecular weight excluding hydrogens is 336 g/mol. The van der Waals surface area contributed by atoms with Crippen molar-refractivity contribution in [2.24, 2.45) is 11.8 Å². The van der Waals surface area contributed by atoms with Crippen LogP contribution < -0.4 is 5.32 Å². The zero-order valence-corrected chi connectivity index (χ0v) is 17.3. The van der Waals surface area contributed by atoms with Crippen molar-refractivity contribution in [3.63, 3.8) is 0 Å². The number of nitrogens with zero attached hydrogens (tertiary/aromatic N) is 1. The maximum absolute atomic E-state index is 13.3. The first kappa shape index (κ1) is 19.9. The molecule has 1 aliphatic heterocycles. The van der Waals surface area contributed by atoms with Crippen molar-refractivity contribution < 1.29 is 9.59 Å². The Morgan fingerprint density at radius 1 is 1.11 bits per heavy atom. The fourth-order valence-electron chi connectivity index (χ4n) is 3.95. The van der Waals surface area contributed by atoms with Gasteiger partial charge in [0, 0.05) is 19.5 Å². The molecule has 2 aliphatic rings. The van der Waals surface area contributed by atoms with Gasteiger partial charge in [0.05, 0.1) is 0 Å². The lowest BCUT2D eigenvalue weighted by Gasteiger charge is -2.41. The Kier molecular flexibility index (Phi) is 5.92. The molecule has 3 rings (SSSR count). The van der Waals surface area contributed by atoms with E-state index in [0.29, 0.717) is 18.3 Å². The average molecular weight is 371 g/mol. The van der Waals surface area contributed by atoms with Gasteiger partial charge in [-0.15, -0.1) is 0 Å². The van der Waals surface area contributed by atoms with Crippen LogP contribution in [0, 0.1) is 18.8 Å². The molecule has 4 nitrogen and oxygen atoms in total. The first-order valence-electron chi connectivity index (χ1n) is 10.5. The number of rotatable bonds is 6. The first-order chi connectivity index (χ1) is 12.8. The highest BCUT2D eigenvalue weighted by molar-refractivity contribution is 5.91. The SMILES string of the molecule is Cc1ccc(C2CCN(C(=O)C(C)(NC(=O)CC3CC3)C(C)C)CC2)cc1. The van der Waals surface area contributed by atoms with Gasteiger partial charge in [0.25, 0.3) is 0 Å². The summed E-state index contributed by atoms with van der Waals surface area (Å²) in [6.07, 6.45) is 4.82. The van der Waals surface area contributed by atoms with E-state index in [1.165, 1.54) is 11.1 Å². The Bertz CT molecular complexity index is 670. The molecule has 1 heterocycles. The van der Waals surface area contributed by atoms with Gasteiger partial charge in [-0.25, -0.2) is 0 Å². The van der Waals surface area contributed by atoms with Crippen LogP contribution in [0.4, 0.5) is 0 Å². The summed E-state index contributed by atoms with van der Waals surface area (Å²) < 4.78 is 0. The Hall–Kier alpha value is -1.84. The highest BCUT2D eigenvalue weighted by Crippen LogP contribution is 2.33. The quantitative estimate of drug-likeness (QED) is 0.822. The van der Waals surface area contributed by atoms with Gasteiger partial charge in [-0.1, -0.05) is 43.7 Å². The minimum atomic E-state index is -0.817. The Morgan fingerprint density at radius 2 is 1.70 bits per heavy atom. The smallest absolute Gasteiger partial charge is 0.248 e. The Morgan fingerprint density at radius 3 is 2.22 bits per heavy atom. The fraction of sp³-hybridized carbons (Fsp3) is 0.652. The number of carbonyl (C=O) groups excluding carboxylic acids is 2. The van der Waals surface area contributed by atoms with Gasteiger partial charge in [0.15, 0.2) is 0 Å². The maximum atomic E-state index is 13.3. The van der Waals surface area contributed by atoms with E-state index in [9.17, 15) is 9.59 Å². The lowest BCUT2D eigenvalue weighted by atomic mass is 9.84. The molecule has 0 aromatic heterocycles. The first-order valence-corrected chi connectivity index (χ1v) is 10.5. The fourth-order valence-corrected chi connectivity index (χ4v) is 3.95. The van der Waals surface area contributed by atoms with Gasteiger partial charge in [0.1, 0.15) is 5.54 Å². The third-order valence-corrected chi connectivity index (χ3v) is 6.50. The molecule has 0 radical (unpaired) electrons. The molecule has 1 aromatic carbocycles. The topological polar surface area (TPSA) is 49.4 Å². The van der Waals surface area contributed by atoms with Crippen molar-refractivity contribution in [2.45, 2.75) is 71.3 Å². The predicted molar refractivity (Wildman–Crippen MR) is 108 cm³/mol. The van der Waals surface area contributed by atoms with Gasteiger partial charge in [-0.3, -0.25) is 9.59 Å². The number of benzene rings is 1. The summed E-state index contributed by atoms with van der Waals surface area (Å²) in [4.78, 5) is 27.6. The van der Waals surface area contributed by atoms with Crippen LogP contribution in [-0.2, 0) is 9.59 Å². The van der Waals surface area contributed by atoms with Crippen LogP contribution in [0.25, 0.3) is 0 Å². The van der Waals surface area contributed by atoms with Crippen molar-refractivity contribution >= 4 is 11.8 Å². The van der Waals surface area contributed by atoms with Gasteiger partial charge in [0.2, 0.25) is 11.8 Å². The van der Waals surface area contributed by atoms with Crippen LogP contribution in [0.3, 0.4) is 0 Å². The molecule has 1 saturated heterocycles. The van der Waals surface area contributed by atoms with Crippen molar-refractivity contribution in [1.29, 1.82) is 0 Å². The number of hydrogen-bond donors (Lipinski definition) is 1. The molecule has 4 heteroatoms. The molecule has 2 amide bonds. The summed E-state index contributed by atoms with van der Waals surface area (Å²) in [6.45, 7) is 9.57. The normalized spacial score (nSPS) is 20.4. The van der Waals surface area contributed by atoms with Gasteiger partial charge in [-0.05, 0) is 62.8 Å².